The second-order valence-electron chi connectivity index (χ2n) is 15.6. The normalized spacial score (nSPS) is 11.5. The maximum Gasteiger partial charge on any atom is 0.164 e. The summed E-state index contributed by atoms with van der Waals surface area (Å²) in [4.78, 5) is 15.3. The van der Waals surface area contributed by atoms with Crippen LogP contribution in [-0.2, 0) is 0 Å². The van der Waals surface area contributed by atoms with E-state index in [1.54, 1.807) is 0 Å². The lowest BCUT2D eigenvalue weighted by Crippen LogP contribution is -2.00. The fourth-order valence-electron chi connectivity index (χ4n) is 8.71. The van der Waals surface area contributed by atoms with Crippen molar-refractivity contribution in [3.63, 3.8) is 0 Å². The molecule has 12 rings (SSSR count). The average molecular weight is 794 g/mol. The monoisotopic (exact) mass is 793 g/mol. The highest BCUT2D eigenvalue weighted by atomic mass is 16.3. The van der Waals surface area contributed by atoms with Gasteiger partial charge in [0.05, 0.1) is 0 Å². The number of nitrogens with zero attached hydrogens (tertiary/aromatic N) is 3. The van der Waals surface area contributed by atoms with Crippen molar-refractivity contribution in [2.75, 3.05) is 0 Å². The highest BCUT2D eigenvalue weighted by Crippen LogP contribution is 2.41. The largest absolute Gasteiger partial charge is 0.455 e. The van der Waals surface area contributed by atoms with Crippen LogP contribution in [0.4, 0.5) is 0 Å². The fraction of sp³-hybridized carbons (Fsp3) is 0. The Kier molecular flexibility index (Phi) is 8.42. The first-order valence-corrected chi connectivity index (χ1v) is 20.7. The van der Waals surface area contributed by atoms with Crippen LogP contribution in [0.2, 0.25) is 0 Å². The number of hydrogen-bond acceptors (Lipinski definition) is 5. The Labute approximate surface area is 357 Å². The van der Waals surface area contributed by atoms with E-state index in [4.69, 9.17) is 23.8 Å². The fourth-order valence-corrected chi connectivity index (χ4v) is 8.71. The molecule has 3 aromatic heterocycles. The van der Waals surface area contributed by atoms with E-state index in [0.717, 1.165) is 105 Å². The summed E-state index contributed by atoms with van der Waals surface area (Å²) in [6.45, 7) is 0. The molecule has 5 nitrogen and oxygen atoms in total. The predicted molar refractivity (Wildman–Crippen MR) is 252 cm³/mol. The summed E-state index contributed by atoms with van der Waals surface area (Å²) in [6.07, 6.45) is 0. The summed E-state index contributed by atoms with van der Waals surface area (Å²) in [7, 11) is 0. The molecule has 0 amide bonds. The van der Waals surface area contributed by atoms with Crippen molar-refractivity contribution in [1.82, 2.24) is 15.0 Å². The van der Waals surface area contributed by atoms with Gasteiger partial charge < -0.3 is 8.83 Å². The molecule has 0 saturated carbocycles. The molecule has 62 heavy (non-hydrogen) atoms. The Morgan fingerprint density at radius 1 is 0.242 bits per heavy atom. The number of benzene rings is 9. The Morgan fingerprint density at radius 2 is 0.581 bits per heavy atom. The minimum atomic E-state index is 0.590. The summed E-state index contributed by atoms with van der Waals surface area (Å²) in [5.41, 5.74) is 14.6. The zero-order valence-corrected chi connectivity index (χ0v) is 33.4. The quantitative estimate of drug-likeness (QED) is 0.161. The smallest absolute Gasteiger partial charge is 0.164 e. The molecule has 0 unspecified atom stereocenters. The highest BCUT2D eigenvalue weighted by Gasteiger charge is 2.18. The molecule has 0 spiro atoms. The molecule has 0 aliphatic rings. The summed E-state index contributed by atoms with van der Waals surface area (Å²) in [5.74, 6) is 1.82. The first-order valence-electron chi connectivity index (χ1n) is 20.7. The molecular weight excluding hydrogens is 759 g/mol. The van der Waals surface area contributed by atoms with Gasteiger partial charge in [0.1, 0.15) is 22.3 Å². The van der Waals surface area contributed by atoms with Crippen LogP contribution >= 0.6 is 0 Å². The lowest BCUT2D eigenvalue weighted by molar-refractivity contribution is 0.669. The van der Waals surface area contributed by atoms with Gasteiger partial charge >= 0.3 is 0 Å². The van der Waals surface area contributed by atoms with Crippen LogP contribution in [-0.4, -0.2) is 15.0 Å². The third-order valence-electron chi connectivity index (χ3n) is 11.7. The van der Waals surface area contributed by atoms with Crippen molar-refractivity contribution < 1.29 is 8.83 Å². The topological polar surface area (TPSA) is 65.0 Å². The van der Waals surface area contributed by atoms with Crippen LogP contribution in [0.5, 0.6) is 0 Å². The molecule has 0 aliphatic carbocycles. The molecule has 0 saturated heterocycles. The van der Waals surface area contributed by atoms with E-state index in [-0.39, 0.29) is 0 Å². The van der Waals surface area contributed by atoms with Gasteiger partial charge in [0.15, 0.2) is 17.5 Å². The van der Waals surface area contributed by atoms with Crippen molar-refractivity contribution in [2.24, 2.45) is 0 Å². The lowest BCUT2D eigenvalue weighted by Gasteiger charge is -2.14. The van der Waals surface area contributed by atoms with Crippen LogP contribution in [0, 0.1) is 0 Å². The summed E-state index contributed by atoms with van der Waals surface area (Å²) < 4.78 is 13.0. The van der Waals surface area contributed by atoms with Crippen molar-refractivity contribution in [3.05, 3.63) is 212 Å². The molecular formula is C57H35N3O2. The van der Waals surface area contributed by atoms with E-state index < -0.39 is 0 Å². The Bertz CT molecular complexity index is 3410. The van der Waals surface area contributed by atoms with Gasteiger partial charge in [-0.25, -0.2) is 15.0 Å². The van der Waals surface area contributed by atoms with Gasteiger partial charge in [-0.05, 0) is 75.8 Å². The first-order chi connectivity index (χ1) is 30.7. The van der Waals surface area contributed by atoms with Crippen molar-refractivity contribution >= 4 is 43.9 Å². The maximum absolute atomic E-state index is 6.50. The van der Waals surface area contributed by atoms with Crippen LogP contribution in [0.3, 0.4) is 0 Å². The van der Waals surface area contributed by atoms with Crippen LogP contribution in [0.15, 0.2) is 221 Å². The maximum atomic E-state index is 6.50. The molecule has 5 heteroatoms. The van der Waals surface area contributed by atoms with Gasteiger partial charge in [0, 0.05) is 49.4 Å². The molecule has 0 fully saturated rings. The number of fused-ring (bicyclic) bond motifs is 6. The SMILES string of the molecule is c1ccc(-c2nc(-c3ccccc3)nc(-c3cc(-c4cccc(-c5cccc6c5oc5ccccc56)c4)cc(-c4cccc(-c5cccc6c5oc5ccccc56)c4)c3)n2)cc1. The Morgan fingerprint density at radius 3 is 1.06 bits per heavy atom. The molecule has 3 heterocycles. The zero-order valence-electron chi connectivity index (χ0n) is 33.4. The number of aromatic nitrogens is 3. The number of hydrogen-bond donors (Lipinski definition) is 0. The standard InChI is InChI=1S/C57H35N3O2/c1-3-15-36(16-4-1)55-58-56(37-17-5-2-6-18-37)60-57(59-55)44-34-42(38-19-11-21-40(31-38)45-25-13-27-49-47-23-7-9-29-51(47)61-53(45)49)33-43(35-44)39-20-12-22-41(32-39)46-26-14-28-50-48-24-8-10-30-52(48)62-54(46)50/h1-35H. The second kappa shape index (κ2) is 14.7. The lowest BCUT2D eigenvalue weighted by atomic mass is 9.92. The van der Waals surface area contributed by atoms with Gasteiger partial charge in [0.2, 0.25) is 0 Å². The number of para-hydroxylation sites is 4. The van der Waals surface area contributed by atoms with Gasteiger partial charge in [-0.1, -0.05) is 170 Å². The molecule has 290 valence electrons. The van der Waals surface area contributed by atoms with Gasteiger partial charge in [-0.3, -0.25) is 0 Å². The molecule has 0 radical (unpaired) electrons. The predicted octanol–water partition coefficient (Wildman–Crippen LogP) is 15.3. The van der Waals surface area contributed by atoms with E-state index in [9.17, 15) is 0 Å². The molecule has 0 atom stereocenters. The Balaban J connectivity index is 1.05. The molecule has 0 N–H and O–H groups in total. The van der Waals surface area contributed by atoms with Crippen molar-refractivity contribution in [3.8, 4) is 78.7 Å². The average Bonchev–Trinajstić information content (AvgIpc) is 3.93. The van der Waals surface area contributed by atoms with Gasteiger partial charge in [-0.2, -0.15) is 0 Å². The van der Waals surface area contributed by atoms with Crippen LogP contribution < -0.4 is 0 Å². The third-order valence-corrected chi connectivity index (χ3v) is 11.7. The second-order valence-corrected chi connectivity index (χ2v) is 15.6. The summed E-state index contributed by atoms with van der Waals surface area (Å²) in [5, 5.41) is 4.42. The summed E-state index contributed by atoms with van der Waals surface area (Å²) >= 11 is 0. The minimum Gasteiger partial charge on any atom is -0.455 e. The van der Waals surface area contributed by atoms with E-state index in [0.29, 0.717) is 17.5 Å². The van der Waals surface area contributed by atoms with Crippen LogP contribution in [0.25, 0.3) is 123 Å². The van der Waals surface area contributed by atoms with Gasteiger partial charge in [-0.15, -0.1) is 0 Å². The molecule has 9 aromatic carbocycles. The highest BCUT2D eigenvalue weighted by molar-refractivity contribution is 6.10. The van der Waals surface area contributed by atoms with Crippen LogP contribution in [0.1, 0.15) is 0 Å². The molecule has 0 aliphatic heterocycles. The minimum absolute atomic E-state index is 0.590. The number of furan rings is 2. The van der Waals surface area contributed by atoms with E-state index in [1.807, 2.05) is 84.9 Å². The van der Waals surface area contributed by atoms with Crippen molar-refractivity contribution in [1.29, 1.82) is 0 Å². The van der Waals surface area contributed by atoms with Gasteiger partial charge in [0.25, 0.3) is 0 Å². The molecule has 12 aromatic rings. The zero-order chi connectivity index (χ0) is 41.0. The van der Waals surface area contributed by atoms with E-state index >= 15 is 0 Å². The molecule has 0 bridgehead atoms. The van der Waals surface area contributed by atoms with Crippen molar-refractivity contribution in [2.45, 2.75) is 0 Å². The van der Waals surface area contributed by atoms with E-state index in [2.05, 4.69) is 127 Å². The number of rotatable bonds is 7. The van der Waals surface area contributed by atoms with E-state index in [1.165, 1.54) is 0 Å². The first kappa shape index (κ1) is 35.5. The summed E-state index contributed by atoms with van der Waals surface area (Å²) in [6, 6.07) is 73.5. The third kappa shape index (κ3) is 6.23. The Hall–Kier alpha value is -8.41.